The second-order valence-corrected chi connectivity index (χ2v) is 5.77. The summed E-state index contributed by atoms with van der Waals surface area (Å²) in [4.78, 5) is 35.3. The van der Waals surface area contributed by atoms with Gasteiger partial charge >= 0.3 is 11.7 Å². The van der Waals surface area contributed by atoms with Crippen molar-refractivity contribution < 1.29 is 19.1 Å². The molecule has 0 radical (unpaired) electrons. The van der Waals surface area contributed by atoms with Crippen LogP contribution < -0.4 is 15.7 Å². The minimum Gasteiger partial charge on any atom is -0.497 e. The Kier molecular flexibility index (Phi) is 7.16. The van der Waals surface area contributed by atoms with Crippen molar-refractivity contribution in [3.63, 3.8) is 0 Å². The molecular weight excluding hydrogens is 352 g/mol. The van der Waals surface area contributed by atoms with E-state index in [0.29, 0.717) is 18.2 Å². The smallest absolute Gasteiger partial charge is 0.345 e. The molecule has 0 saturated carbocycles. The number of nitrogens with zero attached hydrogens (tertiary/aromatic N) is 3. The van der Waals surface area contributed by atoms with Crippen LogP contribution in [0.4, 0.5) is 0 Å². The normalized spacial score (nSPS) is 10.5. The molecule has 1 N–H and O–H groups in total. The molecule has 0 saturated heterocycles. The molecule has 0 fully saturated rings. The van der Waals surface area contributed by atoms with Gasteiger partial charge in [0, 0.05) is 25.6 Å². The lowest BCUT2D eigenvalue weighted by molar-refractivity contribution is -0.144. The highest BCUT2D eigenvalue weighted by atomic mass is 16.5. The van der Waals surface area contributed by atoms with Gasteiger partial charge in [0.05, 0.1) is 26.7 Å². The van der Waals surface area contributed by atoms with Gasteiger partial charge in [-0.2, -0.15) is 0 Å². The summed E-state index contributed by atoms with van der Waals surface area (Å²) in [5.41, 5.74) is 0.509. The van der Waals surface area contributed by atoms with E-state index < -0.39 is 5.97 Å². The van der Waals surface area contributed by atoms with Gasteiger partial charge in [-0.3, -0.25) is 14.2 Å². The van der Waals surface area contributed by atoms with E-state index in [4.69, 9.17) is 9.47 Å². The van der Waals surface area contributed by atoms with Crippen molar-refractivity contribution in [3.8, 4) is 17.1 Å². The van der Waals surface area contributed by atoms with Crippen LogP contribution in [0.3, 0.4) is 0 Å². The number of carbonyl (C=O) groups excluding carboxylic acids is 2. The third-order valence-corrected chi connectivity index (χ3v) is 3.90. The summed E-state index contributed by atoms with van der Waals surface area (Å²) in [5, 5.41) is 7.00. The Balaban J connectivity index is 1.93. The van der Waals surface area contributed by atoms with Crippen LogP contribution in [0, 0.1) is 0 Å². The molecule has 1 heterocycles. The molecule has 0 aliphatic heterocycles. The van der Waals surface area contributed by atoms with Crippen molar-refractivity contribution in [3.05, 3.63) is 34.7 Å². The Bertz CT molecular complexity index is 838. The van der Waals surface area contributed by atoms with Crippen LogP contribution in [0.25, 0.3) is 11.4 Å². The molecule has 0 aliphatic carbocycles. The van der Waals surface area contributed by atoms with Crippen LogP contribution >= 0.6 is 0 Å². The summed E-state index contributed by atoms with van der Waals surface area (Å²) < 4.78 is 12.6. The molecule has 0 unspecified atom stereocenters. The molecule has 0 bridgehead atoms. The quantitative estimate of drug-likeness (QED) is 0.647. The second-order valence-electron chi connectivity index (χ2n) is 5.77. The minimum atomic E-state index is -0.405. The van der Waals surface area contributed by atoms with Gasteiger partial charge in [-0.25, -0.2) is 9.48 Å². The number of rotatable bonds is 9. The summed E-state index contributed by atoms with van der Waals surface area (Å²) in [7, 11) is 3.23. The Hall–Kier alpha value is -3.10. The fourth-order valence-electron chi connectivity index (χ4n) is 2.46. The van der Waals surface area contributed by atoms with Crippen LogP contribution in [-0.2, 0) is 27.9 Å². The number of benzene rings is 1. The average Bonchev–Trinajstić information content (AvgIpc) is 2.95. The van der Waals surface area contributed by atoms with E-state index >= 15 is 0 Å². The monoisotopic (exact) mass is 376 g/mol. The number of carbonyl (C=O) groups is 2. The van der Waals surface area contributed by atoms with Crippen LogP contribution in [0.15, 0.2) is 29.1 Å². The van der Waals surface area contributed by atoms with Crippen molar-refractivity contribution in [2.45, 2.75) is 26.3 Å². The number of nitrogens with one attached hydrogen (secondary N) is 1. The van der Waals surface area contributed by atoms with Crippen molar-refractivity contribution in [2.24, 2.45) is 7.05 Å². The molecule has 1 aromatic heterocycles. The van der Waals surface area contributed by atoms with E-state index in [2.05, 4.69) is 10.4 Å². The van der Waals surface area contributed by atoms with Gasteiger partial charge in [0.1, 0.15) is 5.75 Å². The second kappa shape index (κ2) is 9.56. The highest BCUT2D eigenvalue weighted by Gasteiger charge is 2.13. The van der Waals surface area contributed by atoms with E-state index in [0.717, 1.165) is 5.56 Å². The fraction of sp³-hybridized carbons (Fsp3) is 0.444. The molecule has 9 heteroatoms. The van der Waals surface area contributed by atoms with Crippen molar-refractivity contribution in [1.82, 2.24) is 19.7 Å². The number of hydrogen-bond acceptors (Lipinski definition) is 6. The van der Waals surface area contributed by atoms with Crippen LogP contribution in [0.1, 0.15) is 19.8 Å². The molecule has 0 aliphatic rings. The molecule has 0 spiro atoms. The number of hydrogen-bond donors (Lipinski definition) is 1. The van der Waals surface area contributed by atoms with Gasteiger partial charge in [0.2, 0.25) is 5.91 Å². The molecule has 27 heavy (non-hydrogen) atoms. The molecule has 0 atom stereocenters. The number of ether oxygens (including phenoxy) is 2. The molecule has 146 valence electrons. The molecular formula is C18H24N4O5. The molecule has 2 rings (SSSR count). The summed E-state index contributed by atoms with van der Waals surface area (Å²) >= 11 is 0. The minimum absolute atomic E-state index is 0.0326. The Morgan fingerprint density at radius 1 is 1.19 bits per heavy atom. The first-order valence-corrected chi connectivity index (χ1v) is 8.66. The van der Waals surface area contributed by atoms with E-state index in [-0.39, 0.29) is 37.5 Å². The molecule has 1 aromatic carbocycles. The summed E-state index contributed by atoms with van der Waals surface area (Å²) in [5.74, 6) is 0.560. The highest BCUT2D eigenvalue weighted by molar-refractivity contribution is 5.81. The zero-order valence-corrected chi connectivity index (χ0v) is 15.7. The summed E-state index contributed by atoms with van der Waals surface area (Å²) in [6.07, 6.45) is 0.0812. The van der Waals surface area contributed by atoms with Crippen molar-refractivity contribution in [1.29, 1.82) is 0 Å². The SMILES string of the molecule is CCOC(=O)CCC(=O)NCCn1nc(-c2ccc(OC)cc2)n(C)c1=O. The maximum atomic E-state index is 12.3. The lowest BCUT2D eigenvalue weighted by atomic mass is 10.2. The van der Waals surface area contributed by atoms with Crippen LogP contribution in [0.5, 0.6) is 5.75 Å². The van der Waals surface area contributed by atoms with Gasteiger partial charge in [-0.05, 0) is 31.2 Å². The molecule has 2 aromatic rings. The zero-order chi connectivity index (χ0) is 19.8. The first-order chi connectivity index (χ1) is 13.0. The lowest BCUT2D eigenvalue weighted by Crippen LogP contribution is -2.32. The topological polar surface area (TPSA) is 104 Å². The third kappa shape index (κ3) is 5.44. The van der Waals surface area contributed by atoms with Crippen LogP contribution in [-0.4, -0.2) is 46.5 Å². The average molecular weight is 376 g/mol. The fourth-order valence-corrected chi connectivity index (χ4v) is 2.46. The van der Waals surface area contributed by atoms with Gasteiger partial charge in [0.15, 0.2) is 5.82 Å². The predicted octanol–water partition coefficient (Wildman–Crippen LogP) is 0.717. The summed E-state index contributed by atoms with van der Waals surface area (Å²) in [6.45, 7) is 2.47. The standard InChI is InChI=1S/C18H24N4O5/c1-4-27-16(24)10-9-15(23)19-11-12-22-18(25)21(2)17(20-22)13-5-7-14(26-3)8-6-13/h5-8H,4,9-12H2,1-3H3,(H,19,23). The Morgan fingerprint density at radius 2 is 1.89 bits per heavy atom. The van der Waals surface area contributed by atoms with Gasteiger partial charge < -0.3 is 14.8 Å². The third-order valence-electron chi connectivity index (χ3n) is 3.90. The van der Waals surface area contributed by atoms with E-state index in [1.54, 1.807) is 33.2 Å². The largest absolute Gasteiger partial charge is 0.497 e. The van der Waals surface area contributed by atoms with E-state index in [1.165, 1.54) is 9.25 Å². The van der Waals surface area contributed by atoms with Gasteiger partial charge in [0.25, 0.3) is 0 Å². The number of aromatic nitrogens is 3. The highest BCUT2D eigenvalue weighted by Crippen LogP contribution is 2.19. The Labute approximate surface area is 156 Å². The van der Waals surface area contributed by atoms with Gasteiger partial charge in [-0.1, -0.05) is 0 Å². The van der Waals surface area contributed by atoms with E-state index in [9.17, 15) is 14.4 Å². The number of methoxy groups -OCH3 is 1. The summed E-state index contributed by atoms with van der Waals surface area (Å²) in [6, 6.07) is 7.23. The number of amides is 1. The Morgan fingerprint density at radius 3 is 2.52 bits per heavy atom. The van der Waals surface area contributed by atoms with E-state index in [1.807, 2.05) is 12.1 Å². The number of esters is 1. The maximum absolute atomic E-state index is 12.3. The molecule has 9 nitrogen and oxygen atoms in total. The maximum Gasteiger partial charge on any atom is 0.345 e. The van der Waals surface area contributed by atoms with Crippen molar-refractivity contribution in [2.75, 3.05) is 20.3 Å². The van der Waals surface area contributed by atoms with Crippen LogP contribution in [0.2, 0.25) is 0 Å². The zero-order valence-electron chi connectivity index (χ0n) is 15.7. The van der Waals surface area contributed by atoms with Gasteiger partial charge in [-0.15, -0.1) is 5.10 Å². The predicted molar refractivity (Wildman–Crippen MR) is 98.3 cm³/mol. The first kappa shape index (κ1) is 20.2. The lowest BCUT2D eigenvalue weighted by Gasteiger charge is -2.05. The molecule has 1 amide bonds. The first-order valence-electron chi connectivity index (χ1n) is 8.66. The van der Waals surface area contributed by atoms with Crippen molar-refractivity contribution >= 4 is 11.9 Å².